The van der Waals surface area contributed by atoms with Crippen molar-refractivity contribution in [2.45, 2.75) is 13.8 Å². The minimum absolute atomic E-state index is 0.456. The van der Waals surface area contributed by atoms with Gasteiger partial charge in [0, 0.05) is 12.3 Å². The Bertz CT molecular complexity index is 267. The van der Waals surface area contributed by atoms with Crippen LogP contribution in [0.2, 0.25) is 0 Å². The standard InChI is InChI=1S/C11H15NO/c1-3-13-9-12-10(2)11-7-5-4-6-8-11/h4-8H,3,9H2,1-2H3. The van der Waals surface area contributed by atoms with Crippen molar-refractivity contribution >= 4 is 5.71 Å². The number of rotatable bonds is 4. The topological polar surface area (TPSA) is 21.6 Å². The molecule has 0 bridgehead atoms. The Morgan fingerprint density at radius 3 is 2.62 bits per heavy atom. The summed E-state index contributed by atoms with van der Waals surface area (Å²) in [6.07, 6.45) is 0. The lowest BCUT2D eigenvalue weighted by molar-refractivity contribution is 0.156. The molecule has 0 N–H and O–H groups in total. The van der Waals surface area contributed by atoms with Crippen LogP contribution in [-0.2, 0) is 4.74 Å². The predicted octanol–water partition coefficient (Wildman–Crippen LogP) is 2.49. The van der Waals surface area contributed by atoms with E-state index in [4.69, 9.17) is 4.74 Å². The highest BCUT2D eigenvalue weighted by atomic mass is 16.5. The second-order valence-corrected chi connectivity index (χ2v) is 2.73. The molecular formula is C11H15NO. The van der Waals surface area contributed by atoms with Gasteiger partial charge in [-0.1, -0.05) is 30.3 Å². The monoisotopic (exact) mass is 177 g/mol. The molecule has 0 saturated heterocycles. The second kappa shape index (κ2) is 5.49. The van der Waals surface area contributed by atoms with Gasteiger partial charge in [-0.25, -0.2) is 0 Å². The van der Waals surface area contributed by atoms with E-state index in [2.05, 4.69) is 4.99 Å². The van der Waals surface area contributed by atoms with Gasteiger partial charge in [0.15, 0.2) is 0 Å². The van der Waals surface area contributed by atoms with Crippen LogP contribution in [0.4, 0.5) is 0 Å². The van der Waals surface area contributed by atoms with Crippen LogP contribution >= 0.6 is 0 Å². The van der Waals surface area contributed by atoms with E-state index in [9.17, 15) is 0 Å². The third-order valence-electron chi connectivity index (χ3n) is 1.79. The fourth-order valence-corrected chi connectivity index (χ4v) is 1.00. The summed E-state index contributed by atoms with van der Waals surface area (Å²) in [6, 6.07) is 10.1. The zero-order valence-electron chi connectivity index (χ0n) is 8.16. The fraction of sp³-hybridized carbons (Fsp3) is 0.364. The van der Waals surface area contributed by atoms with Crippen LogP contribution in [0.5, 0.6) is 0 Å². The molecule has 0 radical (unpaired) electrons. The van der Waals surface area contributed by atoms with E-state index >= 15 is 0 Å². The molecule has 0 aliphatic carbocycles. The van der Waals surface area contributed by atoms with E-state index in [1.807, 2.05) is 44.2 Å². The van der Waals surface area contributed by atoms with Crippen molar-refractivity contribution < 1.29 is 4.74 Å². The average Bonchev–Trinajstić information content (AvgIpc) is 2.19. The predicted molar refractivity (Wildman–Crippen MR) is 55.1 cm³/mol. The molecule has 1 aromatic rings. The molecule has 2 heteroatoms. The van der Waals surface area contributed by atoms with Gasteiger partial charge in [0.1, 0.15) is 6.73 Å². The molecule has 70 valence electrons. The van der Waals surface area contributed by atoms with E-state index in [0.29, 0.717) is 13.3 Å². The summed E-state index contributed by atoms with van der Waals surface area (Å²) in [6.45, 7) is 5.13. The van der Waals surface area contributed by atoms with Gasteiger partial charge in [0.2, 0.25) is 0 Å². The molecule has 0 aliphatic rings. The van der Waals surface area contributed by atoms with E-state index < -0.39 is 0 Å². The zero-order chi connectivity index (χ0) is 9.52. The number of aliphatic imine (C=N–C) groups is 1. The number of hydrogen-bond donors (Lipinski definition) is 0. The van der Waals surface area contributed by atoms with Crippen LogP contribution in [0.3, 0.4) is 0 Å². The van der Waals surface area contributed by atoms with Gasteiger partial charge in [-0.15, -0.1) is 0 Å². The third-order valence-corrected chi connectivity index (χ3v) is 1.79. The Kier molecular flexibility index (Phi) is 4.19. The van der Waals surface area contributed by atoms with Crippen molar-refractivity contribution in [3.05, 3.63) is 35.9 Å². The summed E-state index contributed by atoms with van der Waals surface area (Å²) in [5.41, 5.74) is 2.18. The van der Waals surface area contributed by atoms with Crippen molar-refractivity contribution in [1.82, 2.24) is 0 Å². The van der Waals surface area contributed by atoms with Crippen LogP contribution in [-0.4, -0.2) is 19.0 Å². The maximum absolute atomic E-state index is 5.14. The zero-order valence-corrected chi connectivity index (χ0v) is 8.16. The molecule has 1 rings (SSSR count). The first-order chi connectivity index (χ1) is 6.34. The van der Waals surface area contributed by atoms with Crippen LogP contribution in [0, 0.1) is 0 Å². The Morgan fingerprint density at radius 1 is 1.31 bits per heavy atom. The molecule has 0 heterocycles. The molecular weight excluding hydrogens is 162 g/mol. The Balaban J connectivity index is 2.57. The Labute approximate surface area is 79.3 Å². The van der Waals surface area contributed by atoms with Gasteiger partial charge in [0.25, 0.3) is 0 Å². The molecule has 1 aromatic carbocycles. The van der Waals surface area contributed by atoms with Crippen LogP contribution < -0.4 is 0 Å². The average molecular weight is 177 g/mol. The van der Waals surface area contributed by atoms with Gasteiger partial charge >= 0.3 is 0 Å². The number of ether oxygens (including phenoxy) is 1. The van der Waals surface area contributed by atoms with Crippen LogP contribution in [0.1, 0.15) is 19.4 Å². The number of nitrogens with zero attached hydrogens (tertiary/aromatic N) is 1. The number of hydrogen-bond acceptors (Lipinski definition) is 2. The summed E-state index contributed by atoms with van der Waals surface area (Å²) in [5, 5.41) is 0. The minimum atomic E-state index is 0.456. The van der Waals surface area contributed by atoms with Crippen LogP contribution in [0.15, 0.2) is 35.3 Å². The van der Waals surface area contributed by atoms with Gasteiger partial charge in [-0.2, -0.15) is 0 Å². The number of benzene rings is 1. The van der Waals surface area contributed by atoms with E-state index in [1.165, 1.54) is 0 Å². The quantitative estimate of drug-likeness (QED) is 0.511. The third kappa shape index (κ3) is 3.38. The first-order valence-corrected chi connectivity index (χ1v) is 4.48. The van der Waals surface area contributed by atoms with Crippen molar-refractivity contribution in [2.75, 3.05) is 13.3 Å². The summed E-state index contributed by atoms with van der Waals surface area (Å²) < 4.78 is 5.14. The molecule has 0 amide bonds. The lowest BCUT2D eigenvalue weighted by atomic mass is 10.1. The fourth-order valence-electron chi connectivity index (χ4n) is 1.00. The highest BCUT2D eigenvalue weighted by Crippen LogP contribution is 2.00. The first kappa shape index (κ1) is 9.93. The maximum Gasteiger partial charge on any atom is 0.137 e. The molecule has 0 aliphatic heterocycles. The summed E-state index contributed by atoms with van der Waals surface area (Å²) in [7, 11) is 0. The van der Waals surface area contributed by atoms with Gasteiger partial charge in [-0.05, 0) is 19.4 Å². The van der Waals surface area contributed by atoms with E-state index in [1.54, 1.807) is 0 Å². The van der Waals surface area contributed by atoms with Gasteiger partial charge in [0.05, 0.1) is 0 Å². The molecule has 0 unspecified atom stereocenters. The van der Waals surface area contributed by atoms with E-state index in [-0.39, 0.29) is 0 Å². The highest BCUT2D eigenvalue weighted by Gasteiger charge is 1.93. The lowest BCUT2D eigenvalue weighted by Crippen LogP contribution is -1.98. The van der Waals surface area contributed by atoms with Crippen molar-refractivity contribution in [3.63, 3.8) is 0 Å². The molecule has 0 spiro atoms. The largest absolute Gasteiger partial charge is 0.360 e. The summed E-state index contributed by atoms with van der Waals surface area (Å²) in [5.74, 6) is 0. The molecule has 0 saturated carbocycles. The Hall–Kier alpha value is -1.15. The summed E-state index contributed by atoms with van der Waals surface area (Å²) >= 11 is 0. The molecule has 0 fully saturated rings. The van der Waals surface area contributed by atoms with Crippen molar-refractivity contribution in [1.29, 1.82) is 0 Å². The smallest absolute Gasteiger partial charge is 0.137 e. The van der Waals surface area contributed by atoms with Crippen molar-refractivity contribution in [3.8, 4) is 0 Å². The SMILES string of the molecule is CCOCN=C(C)c1ccccc1. The van der Waals surface area contributed by atoms with Crippen LogP contribution in [0.25, 0.3) is 0 Å². The molecule has 0 atom stereocenters. The van der Waals surface area contributed by atoms with Gasteiger partial charge < -0.3 is 4.74 Å². The minimum Gasteiger partial charge on any atom is -0.360 e. The molecule has 13 heavy (non-hydrogen) atoms. The molecule has 2 nitrogen and oxygen atoms in total. The lowest BCUT2D eigenvalue weighted by Gasteiger charge is -2.00. The Morgan fingerprint density at radius 2 is 2.00 bits per heavy atom. The first-order valence-electron chi connectivity index (χ1n) is 4.48. The van der Waals surface area contributed by atoms with Gasteiger partial charge in [-0.3, -0.25) is 4.99 Å². The second-order valence-electron chi connectivity index (χ2n) is 2.73. The summed E-state index contributed by atoms with van der Waals surface area (Å²) in [4.78, 5) is 4.28. The maximum atomic E-state index is 5.14. The van der Waals surface area contributed by atoms with E-state index in [0.717, 1.165) is 11.3 Å². The van der Waals surface area contributed by atoms with Crippen molar-refractivity contribution in [2.24, 2.45) is 4.99 Å². The molecule has 0 aromatic heterocycles. The highest BCUT2D eigenvalue weighted by molar-refractivity contribution is 5.98. The normalized spacial score (nSPS) is 11.7.